The van der Waals surface area contributed by atoms with Crippen molar-refractivity contribution in [3.05, 3.63) is 40.6 Å². The van der Waals surface area contributed by atoms with Gasteiger partial charge in [0.25, 0.3) is 0 Å². The van der Waals surface area contributed by atoms with Gasteiger partial charge in [0.05, 0.1) is 0 Å². The average molecular weight is 180 g/mol. The standard InChI is InChI=1S/C10H10ClN/c1-6-5-8-7(2)9(11)3-4-10(8)12-6/h3-4,12H,1,5H2,2H3. The molecule has 62 valence electrons. The van der Waals surface area contributed by atoms with Crippen molar-refractivity contribution >= 4 is 17.3 Å². The molecular weight excluding hydrogens is 170 g/mol. The summed E-state index contributed by atoms with van der Waals surface area (Å²) in [7, 11) is 0. The average Bonchev–Trinajstić information content (AvgIpc) is 2.39. The molecule has 0 unspecified atom stereocenters. The summed E-state index contributed by atoms with van der Waals surface area (Å²) in [6, 6.07) is 3.92. The molecule has 1 aliphatic heterocycles. The van der Waals surface area contributed by atoms with Crippen molar-refractivity contribution in [2.24, 2.45) is 0 Å². The first-order chi connectivity index (χ1) is 5.68. The minimum atomic E-state index is 0.838. The molecule has 1 aromatic rings. The van der Waals surface area contributed by atoms with E-state index in [1.54, 1.807) is 0 Å². The van der Waals surface area contributed by atoms with Gasteiger partial charge in [-0.15, -0.1) is 0 Å². The van der Waals surface area contributed by atoms with E-state index in [0.29, 0.717) is 0 Å². The van der Waals surface area contributed by atoms with Gasteiger partial charge in [0.2, 0.25) is 0 Å². The van der Waals surface area contributed by atoms with E-state index >= 15 is 0 Å². The summed E-state index contributed by atoms with van der Waals surface area (Å²) in [6.07, 6.45) is 0.904. The van der Waals surface area contributed by atoms with Gasteiger partial charge in [-0.3, -0.25) is 0 Å². The monoisotopic (exact) mass is 179 g/mol. The Bertz CT molecular complexity index is 355. The van der Waals surface area contributed by atoms with E-state index in [9.17, 15) is 0 Å². The second kappa shape index (κ2) is 2.53. The van der Waals surface area contributed by atoms with E-state index in [-0.39, 0.29) is 0 Å². The van der Waals surface area contributed by atoms with Crippen LogP contribution in [0.3, 0.4) is 0 Å². The van der Waals surface area contributed by atoms with Crippen LogP contribution in [0.25, 0.3) is 0 Å². The molecule has 1 heterocycles. The first kappa shape index (κ1) is 7.69. The Morgan fingerprint density at radius 1 is 1.50 bits per heavy atom. The van der Waals surface area contributed by atoms with E-state index in [1.807, 2.05) is 19.1 Å². The zero-order chi connectivity index (χ0) is 8.72. The van der Waals surface area contributed by atoms with Crippen LogP contribution >= 0.6 is 11.6 Å². The molecule has 0 aliphatic carbocycles. The van der Waals surface area contributed by atoms with Crippen LogP contribution in [0.4, 0.5) is 5.69 Å². The van der Waals surface area contributed by atoms with Gasteiger partial charge in [-0.05, 0) is 30.2 Å². The molecule has 2 rings (SSSR count). The van der Waals surface area contributed by atoms with Crippen molar-refractivity contribution in [1.29, 1.82) is 0 Å². The highest BCUT2D eigenvalue weighted by atomic mass is 35.5. The predicted octanol–water partition coefficient (Wildman–Crippen LogP) is 3.13. The van der Waals surface area contributed by atoms with Gasteiger partial charge < -0.3 is 5.32 Å². The highest BCUT2D eigenvalue weighted by Crippen LogP contribution is 2.33. The Morgan fingerprint density at radius 3 is 3.00 bits per heavy atom. The molecule has 0 spiro atoms. The second-order valence-electron chi connectivity index (χ2n) is 3.10. The third-order valence-corrected chi connectivity index (χ3v) is 2.64. The molecule has 0 saturated carbocycles. The van der Waals surface area contributed by atoms with Crippen molar-refractivity contribution < 1.29 is 0 Å². The molecule has 0 fully saturated rings. The minimum Gasteiger partial charge on any atom is -0.359 e. The minimum absolute atomic E-state index is 0.838. The van der Waals surface area contributed by atoms with Gasteiger partial charge in [-0.2, -0.15) is 0 Å². The van der Waals surface area contributed by atoms with E-state index < -0.39 is 0 Å². The van der Waals surface area contributed by atoms with Crippen molar-refractivity contribution in [3.63, 3.8) is 0 Å². The lowest BCUT2D eigenvalue weighted by atomic mass is 10.1. The number of halogens is 1. The summed E-state index contributed by atoms with van der Waals surface area (Å²) in [5, 5.41) is 4.05. The van der Waals surface area contributed by atoms with Crippen molar-refractivity contribution in [2.45, 2.75) is 13.3 Å². The Hall–Kier alpha value is -0.950. The topological polar surface area (TPSA) is 12.0 Å². The maximum atomic E-state index is 5.98. The van der Waals surface area contributed by atoms with Crippen LogP contribution < -0.4 is 5.32 Å². The second-order valence-corrected chi connectivity index (χ2v) is 3.51. The lowest BCUT2D eigenvalue weighted by Crippen LogP contribution is -1.86. The third-order valence-electron chi connectivity index (χ3n) is 2.23. The highest BCUT2D eigenvalue weighted by molar-refractivity contribution is 6.31. The number of fused-ring (bicyclic) bond motifs is 1. The summed E-state index contributed by atoms with van der Waals surface area (Å²) in [6.45, 7) is 5.93. The van der Waals surface area contributed by atoms with Crippen molar-refractivity contribution in [3.8, 4) is 0 Å². The molecule has 0 radical (unpaired) electrons. The predicted molar refractivity (Wildman–Crippen MR) is 52.7 cm³/mol. The van der Waals surface area contributed by atoms with E-state index in [4.69, 9.17) is 11.6 Å². The summed E-state index contributed by atoms with van der Waals surface area (Å²) in [5.74, 6) is 0. The molecule has 0 amide bonds. The first-order valence-electron chi connectivity index (χ1n) is 3.91. The first-order valence-corrected chi connectivity index (χ1v) is 4.29. The Balaban J connectivity index is 2.61. The molecule has 2 heteroatoms. The van der Waals surface area contributed by atoms with Crippen LogP contribution in [0.2, 0.25) is 5.02 Å². The Morgan fingerprint density at radius 2 is 2.25 bits per heavy atom. The number of hydrogen-bond acceptors (Lipinski definition) is 1. The highest BCUT2D eigenvalue weighted by Gasteiger charge is 2.16. The number of allylic oxidation sites excluding steroid dienone is 1. The molecule has 1 aliphatic rings. The third kappa shape index (κ3) is 1.01. The number of rotatable bonds is 0. The normalized spacial score (nSPS) is 14.3. The quantitative estimate of drug-likeness (QED) is 0.645. The van der Waals surface area contributed by atoms with Crippen LogP contribution in [0.15, 0.2) is 24.4 Å². The van der Waals surface area contributed by atoms with Crippen LogP contribution in [0.1, 0.15) is 11.1 Å². The number of hydrogen-bond donors (Lipinski definition) is 1. The van der Waals surface area contributed by atoms with Crippen LogP contribution in [-0.2, 0) is 6.42 Å². The molecule has 0 atom stereocenters. The van der Waals surface area contributed by atoms with Gasteiger partial charge in [0.1, 0.15) is 0 Å². The van der Waals surface area contributed by atoms with Gasteiger partial charge in [0.15, 0.2) is 0 Å². The van der Waals surface area contributed by atoms with Gasteiger partial charge >= 0.3 is 0 Å². The van der Waals surface area contributed by atoms with Crippen molar-refractivity contribution in [2.75, 3.05) is 5.32 Å². The summed E-state index contributed by atoms with van der Waals surface area (Å²) < 4.78 is 0. The van der Waals surface area contributed by atoms with Gasteiger partial charge in [-0.1, -0.05) is 18.2 Å². The number of nitrogens with one attached hydrogen (secondary N) is 1. The lowest BCUT2D eigenvalue weighted by molar-refractivity contribution is 1.22. The molecule has 1 aromatic carbocycles. The molecule has 1 N–H and O–H groups in total. The molecule has 0 saturated heterocycles. The fraction of sp³-hybridized carbons (Fsp3) is 0.200. The maximum Gasteiger partial charge on any atom is 0.0439 e. The zero-order valence-corrected chi connectivity index (χ0v) is 7.70. The zero-order valence-electron chi connectivity index (χ0n) is 6.95. The number of anilines is 1. The number of benzene rings is 1. The SMILES string of the molecule is C=C1Cc2c(ccc(Cl)c2C)N1. The fourth-order valence-corrected chi connectivity index (χ4v) is 1.70. The van der Waals surface area contributed by atoms with Crippen LogP contribution in [0.5, 0.6) is 0 Å². The van der Waals surface area contributed by atoms with Gasteiger partial charge in [0, 0.05) is 22.8 Å². The molecule has 0 aromatic heterocycles. The molecule has 0 bridgehead atoms. The van der Waals surface area contributed by atoms with E-state index in [2.05, 4.69) is 11.9 Å². The maximum absolute atomic E-state index is 5.98. The fourth-order valence-electron chi connectivity index (χ4n) is 1.52. The van der Waals surface area contributed by atoms with E-state index in [1.165, 1.54) is 11.1 Å². The Labute approximate surface area is 77.0 Å². The summed E-state index contributed by atoms with van der Waals surface area (Å²) >= 11 is 5.98. The van der Waals surface area contributed by atoms with E-state index in [0.717, 1.165) is 22.8 Å². The molecule has 1 nitrogen and oxygen atoms in total. The molecular formula is C10H10ClN. The van der Waals surface area contributed by atoms with Crippen LogP contribution in [0, 0.1) is 6.92 Å². The van der Waals surface area contributed by atoms with Crippen molar-refractivity contribution in [1.82, 2.24) is 0 Å². The van der Waals surface area contributed by atoms with Crippen LogP contribution in [-0.4, -0.2) is 0 Å². The largest absolute Gasteiger partial charge is 0.359 e. The summed E-state index contributed by atoms with van der Waals surface area (Å²) in [5.41, 5.74) is 4.66. The summed E-state index contributed by atoms with van der Waals surface area (Å²) in [4.78, 5) is 0. The van der Waals surface area contributed by atoms with Gasteiger partial charge in [-0.25, -0.2) is 0 Å². The smallest absolute Gasteiger partial charge is 0.0439 e. The lowest BCUT2D eigenvalue weighted by Gasteiger charge is -2.03. The molecule has 12 heavy (non-hydrogen) atoms. The Kier molecular flexibility index (Phi) is 1.62.